The molecule has 1 heterocycles. The molecule has 160 valence electrons. The van der Waals surface area contributed by atoms with Gasteiger partial charge >= 0.3 is 0 Å². The van der Waals surface area contributed by atoms with Crippen molar-refractivity contribution in [2.45, 2.75) is 71.8 Å². The molecule has 0 amide bonds. The van der Waals surface area contributed by atoms with E-state index in [9.17, 15) is 9.90 Å². The molecule has 1 N–H and O–H groups in total. The van der Waals surface area contributed by atoms with Crippen molar-refractivity contribution in [3.63, 3.8) is 0 Å². The fraction of sp³-hybridized carbons (Fsp3) is 0.542. The van der Waals surface area contributed by atoms with Crippen molar-refractivity contribution in [1.82, 2.24) is 4.57 Å². The molecule has 0 bridgehead atoms. The average Bonchev–Trinajstić information content (AvgIpc) is 2.71. The molecular weight excluding hydrogens is 366 g/mol. The first-order valence-electron chi connectivity index (χ1n) is 10.9. The zero-order valence-electron chi connectivity index (χ0n) is 17.9. The second-order valence-electron chi connectivity index (χ2n) is 7.39. The van der Waals surface area contributed by atoms with Gasteiger partial charge in [-0.15, -0.1) is 0 Å². The van der Waals surface area contributed by atoms with Gasteiger partial charge < -0.3 is 19.1 Å². The lowest BCUT2D eigenvalue weighted by molar-refractivity contribution is 0.278. The average molecular weight is 402 g/mol. The van der Waals surface area contributed by atoms with Gasteiger partial charge in [-0.05, 0) is 25.0 Å². The summed E-state index contributed by atoms with van der Waals surface area (Å²) in [4.78, 5) is 13.3. The van der Waals surface area contributed by atoms with Crippen LogP contribution in [0.1, 0.15) is 65.2 Å². The molecule has 0 unspecified atom stereocenters. The fourth-order valence-corrected chi connectivity index (χ4v) is 3.39. The molecule has 0 spiro atoms. The number of aromatic nitrogens is 1. The Hall–Kier alpha value is -2.43. The first-order valence-corrected chi connectivity index (χ1v) is 10.9. The molecular formula is C24H35NO4. The largest absolute Gasteiger partial charge is 0.508 e. The molecule has 0 saturated heterocycles. The molecule has 2 aromatic rings. The van der Waals surface area contributed by atoms with Crippen molar-refractivity contribution in [3.8, 4) is 17.2 Å². The second-order valence-corrected chi connectivity index (χ2v) is 7.39. The van der Waals surface area contributed by atoms with Gasteiger partial charge in [0.05, 0.1) is 12.1 Å². The highest BCUT2D eigenvalue weighted by Crippen LogP contribution is 2.35. The Bertz CT molecular complexity index is 841. The molecule has 0 aliphatic rings. The summed E-state index contributed by atoms with van der Waals surface area (Å²) in [5.74, 6) is 0.817. The zero-order chi connectivity index (χ0) is 21.1. The summed E-state index contributed by atoms with van der Waals surface area (Å²) in [5.41, 5.74) is 0.464. The number of unbranched alkanes of at least 4 members (excludes halogenated alkanes) is 6. The summed E-state index contributed by atoms with van der Waals surface area (Å²) >= 11 is 0. The Kier molecular flexibility index (Phi) is 9.62. The molecule has 1 aromatic heterocycles. The van der Waals surface area contributed by atoms with Crippen LogP contribution in [-0.2, 0) is 6.54 Å². The van der Waals surface area contributed by atoms with Crippen LogP contribution in [0.25, 0.3) is 10.9 Å². The number of fused-ring (bicyclic) bond motifs is 1. The van der Waals surface area contributed by atoms with Gasteiger partial charge in [-0.1, -0.05) is 65.0 Å². The zero-order valence-corrected chi connectivity index (χ0v) is 17.9. The first kappa shape index (κ1) is 22.9. The van der Waals surface area contributed by atoms with Gasteiger partial charge in [0.25, 0.3) is 5.56 Å². The molecule has 1 aromatic carbocycles. The van der Waals surface area contributed by atoms with Crippen molar-refractivity contribution >= 4 is 10.9 Å². The van der Waals surface area contributed by atoms with E-state index in [1.54, 1.807) is 28.8 Å². The summed E-state index contributed by atoms with van der Waals surface area (Å²) in [6.45, 7) is 9.31. The number of hydrogen-bond acceptors (Lipinski definition) is 4. The summed E-state index contributed by atoms with van der Waals surface area (Å²) < 4.78 is 13.4. The molecule has 5 heteroatoms. The van der Waals surface area contributed by atoms with Crippen LogP contribution < -0.4 is 15.0 Å². The van der Waals surface area contributed by atoms with Crippen molar-refractivity contribution in [3.05, 3.63) is 41.2 Å². The van der Waals surface area contributed by atoms with Gasteiger partial charge in [0.15, 0.2) is 5.75 Å². The van der Waals surface area contributed by atoms with E-state index in [4.69, 9.17) is 9.47 Å². The van der Waals surface area contributed by atoms with Crippen LogP contribution in [0.2, 0.25) is 0 Å². The van der Waals surface area contributed by atoms with Crippen LogP contribution >= 0.6 is 0 Å². The van der Waals surface area contributed by atoms with E-state index in [1.807, 2.05) is 0 Å². The lowest BCUT2D eigenvalue weighted by Crippen LogP contribution is -2.24. The Morgan fingerprint density at radius 1 is 1.00 bits per heavy atom. The van der Waals surface area contributed by atoms with Crippen LogP contribution in [-0.4, -0.2) is 22.9 Å². The maximum atomic E-state index is 13.3. The fourth-order valence-electron chi connectivity index (χ4n) is 3.39. The van der Waals surface area contributed by atoms with Gasteiger partial charge in [-0.2, -0.15) is 0 Å². The van der Waals surface area contributed by atoms with Gasteiger partial charge in [-0.25, -0.2) is 0 Å². The molecule has 0 aliphatic carbocycles. The third-order valence-corrected chi connectivity index (χ3v) is 4.99. The minimum atomic E-state index is -0.218. The molecule has 2 rings (SSSR count). The number of phenols is 1. The predicted octanol–water partition coefficient (Wildman–Crippen LogP) is 5.81. The van der Waals surface area contributed by atoms with Crippen molar-refractivity contribution in [1.29, 1.82) is 0 Å². The highest BCUT2D eigenvalue weighted by molar-refractivity contribution is 5.89. The number of aryl methyl sites for hydroxylation is 1. The maximum absolute atomic E-state index is 13.3. The van der Waals surface area contributed by atoms with Crippen LogP contribution in [0.15, 0.2) is 35.6 Å². The van der Waals surface area contributed by atoms with Gasteiger partial charge in [0.1, 0.15) is 12.4 Å². The Labute approximate surface area is 174 Å². The van der Waals surface area contributed by atoms with Crippen LogP contribution in [0.4, 0.5) is 0 Å². The number of aromatic hydroxyl groups is 1. The number of phenolic OH excluding ortho intramolecular Hbond substituents is 1. The number of pyridine rings is 1. The first-order chi connectivity index (χ1) is 14.1. The molecule has 0 fully saturated rings. The molecule has 0 atom stereocenters. The van der Waals surface area contributed by atoms with Gasteiger partial charge in [0, 0.05) is 18.0 Å². The van der Waals surface area contributed by atoms with E-state index in [1.165, 1.54) is 25.7 Å². The number of rotatable bonds is 14. The quantitative estimate of drug-likeness (QED) is 0.320. The Morgan fingerprint density at radius 3 is 2.45 bits per heavy atom. The smallest absolute Gasteiger partial charge is 0.297 e. The SMILES string of the molecule is C=CCOc1c(OCCCC)c2ccc(O)cc2n(CCCCCCCC)c1=O. The van der Waals surface area contributed by atoms with Crippen LogP contribution in [0.3, 0.4) is 0 Å². The summed E-state index contributed by atoms with van der Waals surface area (Å²) in [5, 5.41) is 10.8. The van der Waals surface area contributed by atoms with Gasteiger partial charge in [0.2, 0.25) is 5.75 Å². The molecule has 29 heavy (non-hydrogen) atoms. The number of hydrogen-bond donors (Lipinski definition) is 1. The highest BCUT2D eigenvalue weighted by atomic mass is 16.5. The third kappa shape index (κ3) is 6.28. The normalized spacial score (nSPS) is 11.0. The summed E-state index contributed by atoms with van der Waals surface area (Å²) in [6, 6.07) is 5.05. The number of benzene rings is 1. The van der Waals surface area contributed by atoms with Crippen molar-refractivity contribution in [2.75, 3.05) is 13.2 Å². The topological polar surface area (TPSA) is 60.7 Å². The molecule has 0 aliphatic heterocycles. The molecule has 0 saturated carbocycles. The second kappa shape index (κ2) is 12.2. The van der Waals surface area contributed by atoms with E-state index in [2.05, 4.69) is 20.4 Å². The number of ether oxygens (including phenoxy) is 2. The lowest BCUT2D eigenvalue weighted by Gasteiger charge is -2.18. The van der Waals surface area contributed by atoms with Crippen LogP contribution in [0, 0.1) is 0 Å². The van der Waals surface area contributed by atoms with Crippen molar-refractivity contribution in [2.24, 2.45) is 0 Å². The highest BCUT2D eigenvalue weighted by Gasteiger charge is 2.20. The van der Waals surface area contributed by atoms with Crippen LogP contribution in [0.5, 0.6) is 17.2 Å². The maximum Gasteiger partial charge on any atom is 0.297 e. The van der Waals surface area contributed by atoms with E-state index in [-0.39, 0.29) is 23.7 Å². The summed E-state index contributed by atoms with van der Waals surface area (Å²) in [7, 11) is 0. The molecule has 5 nitrogen and oxygen atoms in total. The van der Waals surface area contributed by atoms with E-state index < -0.39 is 0 Å². The Morgan fingerprint density at radius 2 is 1.72 bits per heavy atom. The van der Waals surface area contributed by atoms with E-state index >= 15 is 0 Å². The minimum Gasteiger partial charge on any atom is -0.508 e. The standard InChI is InChI=1S/C24H35NO4/c1-4-7-9-10-11-12-15-25-21-18-19(26)13-14-20(21)22(29-17-8-5-2)23(24(25)27)28-16-6-3/h6,13-14,18,26H,3-5,7-12,15-17H2,1-2H3. The Balaban J connectivity index is 2.41. The van der Waals surface area contributed by atoms with Crippen molar-refractivity contribution < 1.29 is 14.6 Å². The van der Waals surface area contributed by atoms with E-state index in [0.717, 1.165) is 31.1 Å². The monoisotopic (exact) mass is 401 g/mol. The number of nitrogens with zero attached hydrogens (tertiary/aromatic N) is 1. The predicted molar refractivity (Wildman–Crippen MR) is 119 cm³/mol. The third-order valence-electron chi connectivity index (χ3n) is 4.99. The van der Waals surface area contributed by atoms with Gasteiger partial charge in [-0.3, -0.25) is 4.79 Å². The van der Waals surface area contributed by atoms with E-state index in [0.29, 0.717) is 24.4 Å². The molecule has 0 radical (unpaired) electrons. The summed E-state index contributed by atoms with van der Waals surface area (Å²) in [6.07, 6.45) is 10.4. The minimum absolute atomic E-state index is 0.132. The lowest BCUT2D eigenvalue weighted by atomic mass is 10.1.